The van der Waals surface area contributed by atoms with Gasteiger partial charge < -0.3 is 24.7 Å². The highest BCUT2D eigenvalue weighted by Gasteiger charge is 2.45. The highest BCUT2D eigenvalue weighted by Crippen LogP contribution is 2.33. The van der Waals surface area contributed by atoms with Crippen molar-refractivity contribution in [3.63, 3.8) is 0 Å². The molecule has 1 saturated carbocycles. The van der Waals surface area contributed by atoms with Gasteiger partial charge in [-0.1, -0.05) is 20.8 Å². The second-order valence-electron chi connectivity index (χ2n) is 11.8. The summed E-state index contributed by atoms with van der Waals surface area (Å²) in [6.45, 7) is 14.7. The molecule has 2 fully saturated rings. The van der Waals surface area contributed by atoms with Gasteiger partial charge in [-0.3, -0.25) is 14.4 Å². The Balaban J connectivity index is 1.69. The van der Waals surface area contributed by atoms with Gasteiger partial charge in [0.2, 0.25) is 5.91 Å². The first-order valence-electron chi connectivity index (χ1n) is 12.3. The largest absolute Gasteiger partial charge is 0.469 e. The molecule has 34 heavy (non-hydrogen) atoms. The van der Waals surface area contributed by atoms with Crippen LogP contribution in [-0.2, 0) is 19.7 Å². The highest BCUT2D eigenvalue weighted by molar-refractivity contribution is 5.99. The molecule has 0 bridgehead atoms. The first-order chi connectivity index (χ1) is 15.7. The van der Waals surface area contributed by atoms with Gasteiger partial charge in [-0.2, -0.15) is 0 Å². The van der Waals surface area contributed by atoms with Gasteiger partial charge in [-0.25, -0.2) is 0 Å². The van der Waals surface area contributed by atoms with Crippen LogP contribution >= 0.6 is 0 Å². The van der Waals surface area contributed by atoms with E-state index < -0.39 is 6.04 Å². The maximum Gasteiger partial charge on any atom is 0.310 e. The zero-order valence-electron chi connectivity index (χ0n) is 21.9. The number of hydrogen-bond donors (Lipinski definition) is 2. The maximum absolute atomic E-state index is 13.3. The normalized spacial score (nSPS) is 26.0. The molecule has 190 valence electrons. The Morgan fingerprint density at radius 1 is 1.12 bits per heavy atom. The second-order valence-corrected chi connectivity index (χ2v) is 11.8. The minimum absolute atomic E-state index is 0.0604. The molecular formula is C26H41N3O5. The minimum Gasteiger partial charge on any atom is -0.469 e. The molecule has 1 aromatic heterocycles. The maximum atomic E-state index is 13.3. The molecule has 8 nitrogen and oxygen atoms in total. The molecule has 0 aromatic carbocycles. The van der Waals surface area contributed by atoms with E-state index in [1.807, 2.05) is 20.8 Å². The zero-order chi connectivity index (χ0) is 25.4. The number of likely N-dealkylation sites (tertiary alicyclic amines) is 1. The van der Waals surface area contributed by atoms with E-state index >= 15 is 0 Å². The van der Waals surface area contributed by atoms with Crippen molar-refractivity contribution < 1.29 is 23.5 Å². The lowest BCUT2D eigenvalue weighted by Gasteiger charge is -2.41. The van der Waals surface area contributed by atoms with Crippen molar-refractivity contribution in [1.82, 2.24) is 15.5 Å². The Kier molecular flexibility index (Phi) is 7.51. The fourth-order valence-electron chi connectivity index (χ4n) is 5.15. The Morgan fingerprint density at radius 3 is 2.35 bits per heavy atom. The molecule has 3 unspecified atom stereocenters. The third kappa shape index (κ3) is 5.82. The molecule has 2 heterocycles. The van der Waals surface area contributed by atoms with Crippen molar-refractivity contribution in [2.24, 2.45) is 5.92 Å². The summed E-state index contributed by atoms with van der Waals surface area (Å²) in [5.41, 5.74) is 0.180. The van der Waals surface area contributed by atoms with Crippen LogP contribution in [0.15, 0.2) is 10.5 Å². The number of nitrogens with zero attached hydrogens (tertiary/aromatic N) is 1. The summed E-state index contributed by atoms with van der Waals surface area (Å²) in [4.78, 5) is 40.7. The van der Waals surface area contributed by atoms with E-state index in [1.165, 1.54) is 7.11 Å². The predicted molar refractivity (Wildman–Crippen MR) is 130 cm³/mol. The highest BCUT2D eigenvalue weighted by atomic mass is 16.5. The van der Waals surface area contributed by atoms with E-state index in [1.54, 1.807) is 17.9 Å². The van der Waals surface area contributed by atoms with Crippen LogP contribution in [0.3, 0.4) is 0 Å². The van der Waals surface area contributed by atoms with Crippen molar-refractivity contribution in [2.75, 3.05) is 13.7 Å². The van der Waals surface area contributed by atoms with Crippen LogP contribution in [0.2, 0.25) is 0 Å². The zero-order valence-corrected chi connectivity index (χ0v) is 21.9. The average Bonchev–Trinajstić information content (AvgIpc) is 3.29. The molecule has 4 atom stereocenters. The Hall–Kier alpha value is -2.35. The standard InChI is InChI=1S/C26H41N3O5/c1-15-17(14-21(34-15)25(2,3)4)22(30)27-19-11-12-29(23(19)31)20-10-9-16(28-26(5,6)7)13-18(20)24(32)33-8/h14,16,18-20,28H,9-13H2,1-8H3,(H,27,30)/t16?,18?,19-,20?/m0/s1. The fraction of sp³-hybridized carbons (Fsp3) is 0.731. The van der Waals surface area contributed by atoms with Gasteiger partial charge in [0.15, 0.2) is 0 Å². The lowest BCUT2D eigenvalue weighted by atomic mass is 9.80. The quantitative estimate of drug-likeness (QED) is 0.634. The first-order valence-corrected chi connectivity index (χ1v) is 12.3. The summed E-state index contributed by atoms with van der Waals surface area (Å²) in [5.74, 6) is 0.166. The molecule has 2 N–H and O–H groups in total. The van der Waals surface area contributed by atoms with E-state index in [-0.39, 0.29) is 46.7 Å². The summed E-state index contributed by atoms with van der Waals surface area (Å²) in [7, 11) is 1.40. The number of aryl methyl sites for hydroxylation is 1. The van der Waals surface area contributed by atoms with Crippen LogP contribution in [-0.4, -0.2) is 60.0 Å². The van der Waals surface area contributed by atoms with Gasteiger partial charge >= 0.3 is 5.97 Å². The lowest BCUT2D eigenvalue weighted by Crippen LogP contribution is -2.55. The number of nitrogens with one attached hydrogen (secondary N) is 2. The topological polar surface area (TPSA) is 101 Å². The van der Waals surface area contributed by atoms with Crippen LogP contribution in [0.4, 0.5) is 0 Å². The van der Waals surface area contributed by atoms with Crippen molar-refractivity contribution in [3.8, 4) is 0 Å². The molecule has 1 aliphatic carbocycles. The molecule has 8 heteroatoms. The number of carbonyl (C=O) groups excluding carboxylic acids is 3. The Morgan fingerprint density at radius 2 is 1.79 bits per heavy atom. The van der Waals surface area contributed by atoms with Crippen LogP contribution in [0, 0.1) is 12.8 Å². The number of hydrogen-bond acceptors (Lipinski definition) is 6. The molecule has 1 aliphatic heterocycles. The summed E-state index contributed by atoms with van der Waals surface area (Å²) in [6, 6.07) is 1.12. The Labute approximate surface area is 203 Å². The van der Waals surface area contributed by atoms with Gasteiger partial charge in [0.05, 0.1) is 18.6 Å². The van der Waals surface area contributed by atoms with Crippen molar-refractivity contribution in [2.45, 2.75) is 103 Å². The van der Waals surface area contributed by atoms with Gasteiger partial charge in [0, 0.05) is 29.6 Å². The minimum atomic E-state index is -0.608. The van der Waals surface area contributed by atoms with Crippen LogP contribution in [0.5, 0.6) is 0 Å². The van der Waals surface area contributed by atoms with Gasteiger partial charge in [0.25, 0.3) is 5.91 Å². The SMILES string of the molecule is COC(=O)C1CC(NC(C)(C)C)CCC1N1CC[C@H](NC(=O)c2cc(C(C)(C)C)oc2C)C1=O. The summed E-state index contributed by atoms with van der Waals surface area (Å²) in [6.07, 6.45) is 2.73. The molecule has 3 rings (SSSR count). The smallest absolute Gasteiger partial charge is 0.310 e. The van der Waals surface area contributed by atoms with E-state index in [2.05, 4.69) is 31.4 Å². The number of ether oxygens (including phenoxy) is 1. The molecule has 1 aromatic rings. The number of esters is 1. The van der Waals surface area contributed by atoms with Gasteiger partial charge in [-0.15, -0.1) is 0 Å². The third-order valence-electron chi connectivity index (χ3n) is 6.80. The lowest BCUT2D eigenvalue weighted by molar-refractivity contribution is -0.151. The molecular weight excluding hydrogens is 434 g/mol. The second kappa shape index (κ2) is 9.72. The number of carbonyl (C=O) groups is 3. The summed E-state index contributed by atoms with van der Waals surface area (Å²) >= 11 is 0. The summed E-state index contributed by atoms with van der Waals surface area (Å²) < 4.78 is 10.9. The fourth-order valence-corrected chi connectivity index (χ4v) is 5.15. The van der Waals surface area contributed by atoms with Crippen molar-refractivity contribution in [1.29, 1.82) is 0 Å². The number of amides is 2. The van der Waals surface area contributed by atoms with Crippen molar-refractivity contribution in [3.05, 3.63) is 23.2 Å². The molecule has 2 amide bonds. The Bertz CT molecular complexity index is 924. The first kappa shape index (κ1) is 26.3. The van der Waals surface area contributed by atoms with Gasteiger partial charge in [-0.05, 0) is 59.4 Å². The van der Waals surface area contributed by atoms with Crippen LogP contribution in [0.1, 0.15) is 89.1 Å². The monoisotopic (exact) mass is 475 g/mol. The van der Waals surface area contributed by atoms with Crippen LogP contribution < -0.4 is 10.6 Å². The molecule has 2 aliphatic rings. The number of furan rings is 1. The third-order valence-corrected chi connectivity index (χ3v) is 6.80. The van der Waals surface area contributed by atoms with E-state index in [0.29, 0.717) is 30.7 Å². The average molecular weight is 476 g/mol. The summed E-state index contributed by atoms with van der Waals surface area (Å²) in [5, 5.41) is 6.48. The van der Waals surface area contributed by atoms with Gasteiger partial charge in [0.1, 0.15) is 17.6 Å². The number of methoxy groups -OCH3 is 1. The van der Waals surface area contributed by atoms with E-state index in [9.17, 15) is 14.4 Å². The molecule has 1 saturated heterocycles. The van der Waals surface area contributed by atoms with Crippen LogP contribution in [0.25, 0.3) is 0 Å². The number of rotatable bonds is 5. The molecule has 0 spiro atoms. The van der Waals surface area contributed by atoms with E-state index in [4.69, 9.17) is 9.15 Å². The predicted octanol–water partition coefficient (Wildman–Crippen LogP) is 3.31. The molecule has 0 radical (unpaired) electrons. The van der Waals surface area contributed by atoms with E-state index in [0.717, 1.165) is 18.6 Å². The van der Waals surface area contributed by atoms with Crippen molar-refractivity contribution >= 4 is 17.8 Å².